The van der Waals surface area contributed by atoms with Gasteiger partial charge in [-0.1, -0.05) is 0 Å². The minimum atomic E-state index is 0.159. The van der Waals surface area contributed by atoms with Crippen molar-refractivity contribution in [2.75, 3.05) is 38.2 Å². The monoisotopic (exact) mass is 344 g/mol. The molecule has 1 aliphatic heterocycles. The second-order valence-corrected chi connectivity index (χ2v) is 6.75. The fourth-order valence-electron chi connectivity index (χ4n) is 3.06. The number of hydrogen-bond acceptors (Lipinski definition) is 7. The van der Waals surface area contributed by atoms with E-state index in [0.29, 0.717) is 0 Å². The molecule has 3 aromatic rings. The standard InChI is InChI=1S/C17H20N4O2S/c1-12-2-3-15(23-12)14(21-5-7-22-8-6-21)10-18-16-13-4-9-24-17(13)20-11-19-16/h2-4,9,11,14H,5-8,10H2,1H3,(H,18,19,20)/t14-/m1/s1. The number of anilines is 1. The van der Waals surface area contributed by atoms with Gasteiger partial charge in [-0.3, -0.25) is 4.90 Å². The number of hydrogen-bond donors (Lipinski definition) is 1. The van der Waals surface area contributed by atoms with Crippen LogP contribution in [0.2, 0.25) is 0 Å². The molecule has 7 heteroatoms. The molecule has 1 aliphatic rings. The van der Waals surface area contributed by atoms with Gasteiger partial charge in [-0.25, -0.2) is 9.97 Å². The Morgan fingerprint density at radius 2 is 2.12 bits per heavy atom. The van der Waals surface area contributed by atoms with E-state index in [0.717, 1.165) is 60.4 Å². The van der Waals surface area contributed by atoms with Crippen molar-refractivity contribution in [3.63, 3.8) is 0 Å². The molecule has 6 nitrogen and oxygen atoms in total. The molecule has 1 saturated heterocycles. The molecule has 0 aliphatic carbocycles. The Bertz CT molecular complexity index is 810. The van der Waals surface area contributed by atoms with E-state index in [4.69, 9.17) is 9.15 Å². The zero-order chi connectivity index (χ0) is 16.4. The zero-order valence-electron chi connectivity index (χ0n) is 13.6. The van der Waals surface area contributed by atoms with Gasteiger partial charge in [0, 0.05) is 19.6 Å². The molecular formula is C17H20N4O2S. The van der Waals surface area contributed by atoms with E-state index in [2.05, 4.69) is 32.3 Å². The fraction of sp³-hybridized carbons (Fsp3) is 0.412. The maximum atomic E-state index is 5.91. The van der Waals surface area contributed by atoms with Crippen LogP contribution < -0.4 is 5.32 Å². The number of ether oxygens (including phenoxy) is 1. The van der Waals surface area contributed by atoms with Crippen molar-refractivity contribution in [3.8, 4) is 0 Å². The molecule has 4 heterocycles. The van der Waals surface area contributed by atoms with Crippen LogP contribution >= 0.6 is 11.3 Å². The quantitative estimate of drug-likeness (QED) is 0.767. The highest BCUT2D eigenvalue weighted by atomic mass is 32.1. The average molecular weight is 344 g/mol. The molecule has 0 amide bonds. The maximum absolute atomic E-state index is 5.91. The Hall–Kier alpha value is -1.96. The van der Waals surface area contributed by atoms with Crippen molar-refractivity contribution >= 4 is 27.4 Å². The first-order valence-electron chi connectivity index (χ1n) is 8.11. The van der Waals surface area contributed by atoms with Gasteiger partial charge in [-0.05, 0) is 30.5 Å². The van der Waals surface area contributed by atoms with E-state index in [1.54, 1.807) is 17.7 Å². The molecule has 0 bridgehead atoms. The molecule has 1 fully saturated rings. The predicted molar refractivity (Wildman–Crippen MR) is 94.5 cm³/mol. The lowest BCUT2D eigenvalue weighted by Crippen LogP contribution is -2.41. The summed E-state index contributed by atoms with van der Waals surface area (Å²) in [5.41, 5.74) is 0. The smallest absolute Gasteiger partial charge is 0.138 e. The summed E-state index contributed by atoms with van der Waals surface area (Å²) in [6.45, 7) is 6.05. The zero-order valence-corrected chi connectivity index (χ0v) is 14.4. The Balaban J connectivity index is 1.56. The highest BCUT2D eigenvalue weighted by Crippen LogP contribution is 2.27. The van der Waals surface area contributed by atoms with Crippen LogP contribution in [0.5, 0.6) is 0 Å². The number of aromatic nitrogens is 2. The van der Waals surface area contributed by atoms with Crippen LogP contribution in [-0.2, 0) is 4.74 Å². The number of nitrogens with zero attached hydrogens (tertiary/aromatic N) is 3. The fourth-order valence-corrected chi connectivity index (χ4v) is 3.79. The molecule has 0 saturated carbocycles. The lowest BCUT2D eigenvalue weighted by atomic mass is 10.1. The van der Waals surface area contributed by atoms with E-state index in [1.807, 2.05) is 18.4 Å². The summed E-state index contributed by atoms with van der Waals surface area (Å²) in [5, 5.41) is 6.60. The summed E-state index contributed by atoms with van der Waals surface area (Å²) < 4.78 is 11.4. The molecule has 0 aromatic carbocycles. The Labute approximate surface area is 144 Å². The van der Waals surface area contributed by atoms with Crippen molar-refractivity contribution in [3.05, 3.63) is 41.4 Å². The first-order valence-corrected chi connectivity index (χ1v) is 8.99. The van der Waals surface area contributed by atoms with Gasteiger partial charge in [0.2, 0.25) is 0 Å². The van der Waals surface area contributed by atoms with Crippen molar-refractivity contribution in [1.29, 1.82) is 0 Å². The number of rotatable bonds is 5. The van der Waals surface area contributed by atoms with Crippen LogP contribution in [0.25, 0.3) is 10.2 Å². The molecule has 1 N–H and O–H groups in total. The number of aryl methyl sites for hydroxylation is 1. The lowest BCUT2D eigenvalue weighted by Gasteiger charge is -2.33. The average Bonchev–Trinajstić information content (AvgIpc) is 3.25. The van der Waals surface area contributed by atoms with Crippen LogP contribution in [0.4, 0.5) is 5.82 Å². The number of fused-ring (bicyclic) bond motifs is 1. The second-order valence-electron chi connectivity index (χ2n) is 5.86. The molecular weight excluding hydrogens is 324 g/mol. The Morgan fingerprint density at radius 3 is 2.92 bits per heavy atom. The first-order chi connectivity index (χ1) is 11.8. The van der Waals surface area contributed by atoms with Gasteiger partial charge in [0.15, 0.2) is 0 Å². The third kappa shape index (κ3) is 3.15. The number of nitrogens with one attached hydrogen (secondary N) is 1. The van der Waals surface area contributed by atoms with Crippen molar-refractivity contribution in [1.82, 2.24) is 14.9 Å². The third-order valence-corrected chi connectivity index (χ3v) is 5.12. The van der Waals surface area contributed by atoms with E-state index in [-0.39, 0.29) is 6.04 Å². The minimum Gasteiger partial charge on any atom is -0.465 e. The molecule has 0 radical (unpaired) electrons. The summed E-state index contributed by atoms with van der Waals surface area (Å²) >= 11 is 1.63. The van der Waals surface area contributed by atoms with Crippen molar-refractivity contribution < 1.29 is 9.15 Å². The van der Waals surface area contributed by atoms with Gasteiger partial charge >= 0.3 is 0 Å². The number of thiophene rings is 1. The normalized spacial score (nSPS) is 17.2. The summed E-state index contributed by atoms with van der Waals surface area (Å²) in [6.07, 6.45) is 1.61. The minimum absolute atomic E-state index is 0.159. The van der Waals surface area contributed by atoms with Crippen LogP contribution in [0, 0.1) is 6.92 Å². The van der Waals surface area contributed by atoms with Crippen LogP contribution in [0.1, 0.15) is 17.6 Å². The van der Waals surface area contributed by atoms with Crippen LogP contribution in [0.15, 0.2) is 34.3 Å². The van der Waals surface area contributed by atoms with Crippen molar-refractivity contribution in [2.24, 2.45) is 0 Å². The third-order valence-electron chi connectivity index (χ3n) is 4.30. The molecule has 4 rings (SSSR count). The Morgan fingerprint density at radius 1 is 1.25 bits per heavy atom. The predicted octanol–water partition coefficient (Wildman–Crippen LogP) is 3.08. The lowest BCUT2D eigenvalue weighted by molar-refractivity contribution is 0.0143. The highest BCUT2D eigenvalue weighted by molar-refractivity contribution is 7.16. The number of furan rings is 1. The molecule has 3 aromatic heterocycles. The van der Waals surface area contributed by atoms with E-state index < -0.39 is 0 Å². The Kier molecular flexibility index (Phi) is 4.46. The van der Waals surface area contributed by atoms with Gasteiger partial charge in [0.05, 0.1) is 24.6 Å². The molecule has 24 heavy (non-hydrogen) atoms. The van der Waals surface area contributed by atoms with Gasteiger partial charge in [-0.2, -0.15) is 0 Å². The van der Waals surface area contributed by atoms with Gasteiger partial charge in [0.1, 0.15) is 28.5 Å². The van der Waals surface area contributed by atoms with Gasteiger partial charge < -0.3 is 14.5 Å². The van der Waals surface area contributed by atoms with E-state index >= 15 is 0 Å². The molecule has 0 spiro atoms. The molecule has 126 valence electrons. The van der Waals surface area contributed by atoms with Crippen LogP contribution in [-0.4, -0.2) is 47.7 Å². The van der Waals surface area contributed by atoms with Crippen molar-refractivity contribution in [2.45, 2.75) is 13.0 Å². The first kappa shape index (κ1) is 15.6. The topological polar surface area (TPSA) is 63.4 Å². The highest BCUT2D eigenvalue weighted by Gasteiger charge is 2.25. The summed E-state index contributed by atoms with van der Waals surface area (Å²) in [7, 11) is 0. The SMILES string of the molecule is Cc1ccc([C@@H](CNc2ncnc3sccc23)N2CCOCC2)o1. The summed E-state index contributed by atoms with van der Waals surface area (Å²) in [6, 6.07) is 6.30. The maximum Gasteiger partial charge on any atom is 0.138 e. The van der Waals surface area contributed by atoms with Crippen LogP contribution in [0.3, 0.4) is 0 Å². The molecule has 0 unspecified atom stereocenters. The van der Waals surface area contributed by atoms with Gasteiger partial charge in [-0.15, -0.1) is 11.3 Å². The summed E-state index contributed by atoms with van der Waals surface area (Å²) in [4.78, 5) is 12.1. The molecule has 1 atom stereocenters. The number of morpholine rings is 1. The van der Waals surface area contributed by atoms with E-state index in [9.17, 15) is 0 Å². The summed E-state index contributed by atoms with van der Waals surface area (Å²) in [5.74, 6) is 2.80. The van der Waals surface area contributed by atoms with E-state index in [1.165, 1.54) is 0 Å². The second kappa shape index (κ2) is 6.88. The largest absolute Gasteiger partial charge is 0.465 e. The van der Waals surface area contributed by atoms with Gasteiger partial charge in [0.25, 0.3) is 0 Å².